The maximum atomic E-state index is 13.3. The summed E-state index contributed by atoms with van der Waals surface area (Å²) in [6, 6.07) is 4.52. The molecule has 1 heterocycles. The first-order valence-corrected chi connectivity index (χ1v) is 5.68. The SMILES string of the molecule is Cc1ccc(C(=O)c2scnc2C)cc1F. The van der Waals surface area contributed by atoms with Crippen LogP contribution >= 0.6 is 11.3 Å². The van der Waals surface area contributed by atoms with E-state index < -0.39 is 0 Å². The summed E-state index contributed by atoms with van der Waals surface area (Å²) in [7, 11) is 0. The summed E-state index contributed by atoms with van der Waals surface area (Å²) in [4.78, 5) is 16.6. The largest absolute Gasteiger partial charge is 0.288 e. The first-order chi connectivity index (χ1) is 7.59. The highest BCUT2D eigenvalue weighted by Crippen LogP contribution is 2.19. The predicted molar refractivity (Wildman–Crippen MR) is 61.4 cm³/mol. The minimum Gasteiger partial charge on any atom is -0.288 e. The van der Waals surface area contributed by atoms with Gasteiger partial charge in [-0.05, 0) is 25.5 Å². The number of aryl methyl sites for hydroxylation is 2. The van der Waals surface area contributed by atoms with Gasteiger partial charge in [0.25, 0.3) is 0 Å². The molecule has 2 aromatic rings. The molecule has 0 saturated carbocycles. The zero-order valence-corrected chi connectivity index (χ0v) is 9.77. The minimum absolute atomic E-state index is 0.168. The van der Waals surface area contributed by atoms with Crippen molar-refractivity contribution in [2.24, 2.45) is 0 Å². The normalized spacial score (nSPS) is 10.4. The van der Waals surface area contributed by atoms with Crippen molar-refractivity contribution >= 4 is 17.1 Å². The Morgan fingerprint density at radius 3 is 2.69 bits per heavy atom. The molecule has 1 aromatic carbocycles. The van der Waals surface area contributed by atoms with Gasteiger partial charge in [0, 0.05) is 5.56 Å². The molecule has 0 aliphatic rings. The third kappa shape index (κ3) is 1.88. The first-order valence-electron chi connectivity index (χ1n) is 4.80. The van der Waals surface area contributed by atoms with Gasteiger partial charge in [-0.2, -0.15) is 0 Å². The fourth-order valence-corrected chi connectivity index (χ4v) is 2.15. The van der Waals surface area contributed by atoms with Gasteiger partial charge in [0.05, 0.1) is 16.1 Å². The van der Waals surface area contributed by atoms with Crippen molar-refractivity contribution in [1.29, 1.82) is 0 Å². The number of aromatic nitrogens is 1. The molecule has 0 fully saturated rings. The maximum absolute atomic E-state index is 13.3. The number of hydrogen-bond acceptors (Lipinski definition) is 3. The Kier molecular flexibility index (Phi) is 2.83. The summed E-state index contributed by atoms with van der Waals surface area (Å²) in [5, 5.41) is 0. The van der Waals surface area contributed by atoms with Gasteiger partial charge in [-0.1, -0.05) is 12.1 Å². The fraction of sp³-hybridized carbons (Fsp3) is 0.167. The number of thiazole rings is 1. The van der Waals surface area contributed by atoms with Crippen molar-refractivity contribution in [3.8, 4) is 0 Å². The molecule has 0 atom stereocenters. The molecule has 0 spiro atoms. The van der Waals surface area contributed by atoms with E-state index >= 15 is 0 Å². The van der Waals surface area contributed by atoms with E-state index in [1.54, 1.807) is 31.5 Å². The van der Waals surface area contributed by atoms with Gasteiger partial charge in [0.2, 0.25) is 5.78 Å². The molecular formula is C12H10FNOS. The van der Waals surface area contributed by atoms with E-state index in [2.05, 4.69) is 4.98 Å². The Morgan fingerprint density at radius 1 is 1.38 bits per heavy atom. The van der Waals surface area contributed by atoms with Crippen LogP contribution in [0.3, 0.4) is 0 Å². The molecule has 0 aliphatic carbocycles. The number of benzene rings is 1. The van der Waals surface area contributed by atoms with E-state index in [1.807, 2.05) is 0 Å². The summed E-state index contributed by atoms with van der Waals surface area (Å²) in [6.45, 7) is 3.44. The van der Waals surface area contributed by atoms with Gasteiger partial charge >= 0.3 is 0 Å². The quantitative estimate of drug-likeness (QED) is 0.748. The molecule has 2 nitrogen and oxygen atoms in total. The zero-order chi connectivity index (χ0) is 11.7. The van der Waals surface area contributed by atoms with Crippen molar-refractivity contribution in [2.45, 2.75) is 13.8 Å². The van der Waals surface area contributed by atoms with Crippen molar-refractivity contribution in [3.05, 3.63) is 51.2 Å². The number of carbonyl (C=O) groups excluding carboxylic acids is 1. The molecule has 0 bridgehead atoms. The van der Waals surface area contributed by atoms with Crippen molar-refractivity contribution in [1.82, 2.24) is 4.98 Å². The minimum atomic E-state index is -0.354. The van der Waals surface area contributed by atoms with Gasteiger partial charge in [-0.3, -0.25) is 4.79 Å². The second-order valence-electron chi connectivity index (χ2n) is 3.56. The lowest BCUT2D eigenvalue weighted by Gasteiger charge is -2.01. The fourth-order valence-electron chi connectivity index (χ4n) is 1.39. The average Bonchev–Trinajstić information content (AvgIpc) is 2.67. The van der Waals surface area contributed by atoms with Crippen LogP contribution in [0.2, 0.25) is 0 Å². The lowest BCUT2D eigenvalue weighted by atomic mass is 10.1. The number of nitrogens with zero attached hydrogens (tertiary/aromatic N) is 1. The summed E-state index contributed by atoms with van der Waals surface area (Å²) < 4.78 is 13.3. The van der Waals surface area contributed by atoms with Crippen LogP contribution in [-0.4, -0.2) is 10.8 Å². The second kappa shape index (κ2) is 4.14. The van der Waals surface area contributed by atoms with E-state index in [4.69, 9.17) is 0 Å². The Morgan fingerprint density at radius 2 is 2.12 bits per heavy atom. The molecule has 0 radical (unpaired) electrons. The van der Waals surface area contributed by atoms with Crippen LogP contribution in [0.25, 0.3) is 0 Å². The van der Waals surface area contributed by atoms with E-state index in [1.165, 1.54) is 17.4 Å². The number of halogens is 1. The van der Waals surface area contributed by atoms with Gasteiger partial charge in [-0.25, -0.2) is 9.37 Å². The average molecular weight is 235 g/mol. The monoisotopic (exact) mass is 235 g/mol. The maximum Gasteiger partial charge on any atom is 0.204 e. The molecule has 0 saturated heterocycles. The summed E-state index contributed by atoms with van der Waals surface area (Å²) in [6.07, 6.45) is 0. The van der Waals surface area contributed by atoms with Gasteiger partial charge in [0.1, 0.15) is 5.82 Å². The highest BCUT2D eigenvalue weighted by molar-refractivity contribution is 7.12. The third-order valence-corrected chi connectivity index (χ3v) is 3.31. The molecule has 0 aliphatic heterocycles. The number of ketones is 1. The van der Waals surface area contributed by atoms with Crippen LogP contribution in [0.1, 0.15) is 26.5 Å². The zero-order valence-electron chi connectivity index (χ0n) is 8.95. The molecule has 0 amide bonds. The smallest absolute Gasteiger partial charge is 0.204 e. The van der Waals surface area contributed by atoms with Crippen molar-refractivity contribution in [3.63, 3.8) is 0 Å². The molecule has 0 unspecified atom stereocenters. The van der Waals surface area contributed by atoms with E-state index in [0.717, 1.165) is 0 Å². The van der Waals surface area contributed by atoms with Crippen LogP contribution in [0, 0.1) is 19.7 Å². The van der Waals surface area contributed by atoms with E-state index in [9.17, 15) is 9.18 Å². The van der Waals surface area contributed by atoms with Crippen LogP contribution in [-0.2, 0) is 0 Å². The van der Waals surface area contributed by atoms with E-state index in [-0.39, 0.29) is 11.6 Å². The molecular weight excluding hydrogens is 225 g/mol. The first kappa shape index (κ1) is 11.0. The Bertz CT molecular complexity index is 548. The predicted octanol–water partition coefficient (Wildman–Crippen LogP) is 3.13. The number of carbonyl (C=O) groups is 1. The highest BCUT2D eigenvalue weighted by atomic mass is 32.1. The number of rotatable bonds is 2. The standard InChI is InChI=1S/C12H10FNOS/c1-7-3-4-9(5-10(7)13)11(15)12-8(2)14-6-16-12/h3-6H,1-2H3. The molecule has 0 N–H and O–H groups in total. The van der Waals surface area contributed by atoms with Crippen LogP contribution in [0.15, 0.2) is 23.7 Å². The molecule has 16 heavy (non-hydrogen) atoms. The summed E-state index contributed by atoms with van der Waals surface area (Å²) >= 11 is 1.28. The number of hydrogen-bond donors (Lipinski definition) is 0. The lowest BCUT2D eigenvalue weighted by Crippen LogP contribution is -2.02. The van der Waals surface area contributed by atoms with Crippen LogP contribution in [0.5, 0.6) is 0 Å². The van der Waals surface area contributed by atoms with Crippen molar-refractivity contribution in [2.75, 3.05) is 0 Å². The molecule has 2 rings (SSSR count). The van der Waals surface area contributed by atoms with E-state index in [0.29, 0.717) is 21.7 Å². The van der Waals surface area contributed by atoms with Crippen molar-refractivity contribution < 1.29 is 9.18 Å². The molecule has 1 aromatic heterocycles. The molecule has 82 valence electrons. The summed E-state index contributed by atoms with van der Waals surface area (Å²) in [5.74, 6) is -0.521. The lowest BCUT2D eigenvalue weighted by molar-refractivity contribution is 0.104. The van der Waals surface area contributed by atoms with Gasteiger partial charge < -0.3 is 0 Å². The van der Waals surface area contributed by atoms with Gasteiger partial charge in [0.15, 0.2) is 0 Å². The second-order valence-corrected chi connectivity index (χ2v) is 4.41. The van der Waals surface area contributed by atoms with Crippen LogP contribution < -0.4 is 0 Å². The van der Waals surface area contributed by atoms with Crippen LogP contribution in [0.4, 0.5) is 4.39 Å². The highest BCUT2D eigenvalue weighted by Gasteiger charge is 2.15. The third-order valence-electron chi connectivity index (χ3n) is 2.39. The Labute approximate surface area is 96.8 Å². The molecule has 4 heteroatoms. The van der Waals surface area contributed by atoms with Gasteiger partial charge in [-0.15, -0.1) is 11.3 Å². The topological polar surface area (TPSA) is 30.0 Å². The summed E-state index contributed by atoms with van der Waals surface area (Å²) in [5.41, 5.74) is 3.22. The Hall–Kier alpha value is -1.55. The Balaban J connectivity index is 2.42.